The second kappa shape index (κ2) is 6.43. The van der Waals surface area contributed by atoms with Gasteiger partial charge in [-0.15, -0.1) is 0 Å². The molecular weight excluding hydrogens is 322 g/mol. The van der Waals surface area contributed by atoms with E-state index in [0.29, 0.717) is 15.7 Å². The summed E-state index contributed by atoms with van der Waals surface area (Å²) in [5.41, 5.74) is 7.45. The summed E-state index contributed by atoms with van der Waals surface area (Å²) < 4.78 is 11.0. The highest BCUT2D eigenvalue weighted by atomic mass is 79.9. The lowest BCUT2D eigenvalue weighted by Crippen LogP contribution is -2.07. The molecule has 0 amide bonds. The number of anilines is 1. The van der Waals surface area contributed by atoms with Crippen LogP contribution in [-0.2, 0) is 11.3 Å². The largest absolute Gasteiger partial charge is 0.497 e. The Balaban J connectivity index is 2.06. The first-order valence-electron chi connectivity index (χ1n) is 5.95. The third kappa shape index (κ3) is 3.51. The number of ether oxygens (including phenoxy) is 2. The average Bonchev–Trinajstić information content (AvgIpc) is 2.47. The van der Waals surface area contributed by atoms with Crippen molar-refractivity contribution in [3.05, 3.63) is 58.1 Å². The maximum absolute atomic E-state index is 12.0. The smallest absolute Gasteiger partial charge is 0.339 e. The number of hydrogen-bond donors (Lipinski definition) is 1. The Hall–Kier alpha value is -2.01. The molecule has 2 aromatic rings. The number of rotatable bonds is 4. The first-order valence-corrected chi connectivity index (χ1v) is 6.74. The van der Waals surface area contributed by atoms with E-state index in [2.05, 4.69) is 15.9 Å². The van der Waals surface area contributed by atoms with Crippen LogP contribution in [0, 0.1) is 0 Å². The zero-order chi connectivity index (χ0) is 14.5. The van der Waals surface area contributed by atoms with Gasteiger partial charge in [-0.25, -0.2) is 4.79 Å². The number of nitrogens with two attached hydrogens (primary N) is 1. The Labute approximate surface area is 125 Å². The zero-order valence-corrected chi connectivity index (χ0v) is 12.5. The van der Waals surface area contributed by atoms with Gasteiger partial charge in [-0.1, -0.05) is 12.1 Å². The number of methoxy groups -OCH3 is 1. The molecule has 0 unspecified atom stereocenters. The molecule has 0 spiro atoms. The fourth-order valence-corrected chi connectivity index (χ4v) is 2.10. The molecule has 0 saturated heterocycles. The van der Waals surface area contributed by atoms with Gasteiger partial charge in [0.1, 0.15) is 12.4 Å². The third-order valence-electron chi connectivity index (χ3n) is 2.71. The van der Waals surface area contributed by atoms with Gasteiger partial charge in [0.15, 0.2) is 0 Å². The van der Waals surface area contributed by atoms with E-state index < -0.39 is 5.97 Å². The molecule has 0 saturated carbocycles. The summed E-state index contributed by atoms with van der Waals surface area (Å²) in [4.78, 5) is 12.0. The quantitative estimate of drug-likeness (QED) is 0.687. The van der Waals surface area contributed by atoms with Crippen molar-refractivity contribution in [3.8, 4) is 5.75 Å². The molecule has 0 aliphatic rings. The number of benzene rings is 2. The first kappa shape index (κ1) is 14.4. The molecule has 2 N–H and O–H groups in total. The van der Waals surface area contributed by atoms with Crippen LogP contribution in [0.15, 0.2) is 46.9 Å². The third-order valence-corrected chi connectivity index (χ3v) is 3.41. The summed E-state index contributed by atoms with van der Waals surface area (Å²) in [6, 6.07) is 12.4. The van der Waals surface area contributed by atoms with Gasteiger partial charge in [-0.05, 0) is 51.8 Å². The summed E-state index contributed by atoms with van der Waals surface area (Å²) in [7, 11) is 1.59. The highest BCUT2D eigenvalue weighted by Crippen LogP contribution is 2.21. The Kier molecular flexibility index (Phi) is 4.63. The SMILES string of the molecule is COc1cccc(COC(=O)c2cc(N)ccc2Br)c1. The van der Waals surface area contributed by atoms with Crippen LogP contribution < -0.4 is 10.5 Å². The lowest BCUT2D eigenvalue weighted by Gasteiger charge is -2.08. The van der Waals surface area contributed by atoms with Crippen molar-refractivity contribution in [2.75, 3.05) is 12.8 Å². The van der Waals surface area contributed by atoms with Crippen LogP contribution in [0.3, 0.4) is 0 Å². The second-order valence-corrected chi connectivity index (χ2v) is 5.02. The number of esters is 1. The van der Waals surface area contributed by atoms with Crippen LogP contribution in [0.5, 0.6) is 5.75 Å². The van der Waals surface area contributed by atoms with E-state index in [0.717, 1.165) is 11.3 Å². The second-order valence-electron chi connectivity index (χ2n) is 4.17. The minimum absolute atomic E-state index is 0.178. The van der Waals surface area contributed by atoms with Crippen molar-refractivity contribution in [3.63, 3.8) is 0 Å². The number of hydrogen-bond acceptors (Lipinski definition) is 4. The summed E-state index contributed by atoms with van der Waals surface area (Å²) >= 11 is 3.30. The number of nitrogen functional groups attached to an aromatic ring is 1. The Morgan fingerprint density at radius 3 is 2.80 bits per heavy atom. The van der Waals surface area contributed by atoms with Gasteiger partial charge in [-0.2, -0.15) is 0 Å². The van der Waals surface area contributed by atoms with Crippen LogP contribution in [-0.4, -0.2) is 13.1 Å². The van der Waals surface area contributed by atoms with Gasteiger partial charge in [0, 0.05) is 10.2 Å². The molecule has 2 rings (SSSR count). The molecule has 2 aromatic carbocycles. The van der Waals surface area contributed by atoms with E-state index in [4.69, 9.17) is 15.2 Å². The molecule has 5 heteroatoms. The molecular formula is C15H14BrNO3. The van der Waals surface area contributed by atoms with E-state index in [9.17, 15) is 4.79 Å². The molecule has 0 aliphatic carbocycles. The molecule has 0 aliphatic heterocycles. The fraction of sp³-hybridized carbons (Fsp3) is 0.133. The normalized spacial score (nSPS) is 10.1. The van der Waals surface area contributed by atoms with Crippen molar-refractivity contribution >= 4 is 27.6 Å². The van der Waals surface area contributed by atoms with Gasteiger partial charge in [-0.3, -0.25) is 0 Å². The van der Waals surface area contributed by atoms with Gasteiger partial charge in [0.05, 0.1) is 12.7 Å². The van der Waals surface area contributed by atoms with E-state index in [1.54, 1.807) is 25.3 Å². The number of halogens is 1. The van der Waals surface area contributed by atoms with Crippen LogP contribution >= 0.6 is 15.9 Å². The molecule has 0 fully saturated rings. The summed E-state index contributed by atoms with van der Waals surface area (Å²) in [6.45, 7) is 0.178. The van der Waals surface area contributed by atoms with Gasteiger partial charge in [0.25, 0.3) is 0 Å². The van der Waals surface area contributed by atoms with Crippen molar-refractivity contribution < 1.29 is 14.3 Å². The molecule has 20 heavy (non-hydrogen) atoms. The summed E-state index contributed by atoms with van der Waals surface area (Å²) in [6.07, 6.45) is 0. The van der Waals surface area contributed by atoms with Crippen LogP contribution in [0.4, 0.5) is 5.69 Å². The molecule has 0 heterocycles. The van der Waals surface area contributed by atoms with Crippen LogP contribution in [0.1, 0.15) is 15.9 Å². The number of carbonyl (C=O) groups excluding carboxylic acids is 1. The molecule has 0 atom stereocenters. The van der Waals surface area contributed by atoms with E-state index in [-0.39, 0.29) is 6.61 Å². The van der Waals surface area contributed by atoms with Gasteiger partial charge in [0.2, 0.25) is 0 Å². The average molecular weight is 336 g/mol. The van der Waals surface area contributed by atoms with Gasteiger partial charge >= 0.3 is 5.97 Å². The van der Waals surface area contributed by atoms with Crippen molar-refractivity contribution in [2.24, 2.45) is 0 Å². The topological polar surface area (TPSA) is 61.5 Å². The molecule has 0 radical (unpaired) electrons. The highest BCUT2D eigenvalue weighted by molar-refractivity contribution is 9.10. The summed E-state index contributed by atoms with van der Waals surface area (Å²) in [5, 5.41) is 0. The van der Waals surface area contributed by atoms with Crippen molar-refractivity contribution in [1.82, 2.24) is 0 Å². The lowest BCUT2D eigenvalue weighted by molar-refractivity contribution is 0.0471. The Morgan fingerprint density at radius 1 is 1.25 bits per heavy atom. The predicted molar refractivity (Wildman–Crippen MR) is 80.7 cm³/mol. The highest BCUT2D eigenvalue weighted by Gasteiger charge is 2.12. The predicted octanol–water partition coefficient (Wildman–Crippen LogP) is 3.40. The maximum Gasteiger partial charge on any atom is 0.339 e. The Bertz CT molecular complexity index is 628. The maximum atomic E-state index is 12.0. The van der Waals surface area contributed by atoms with E-state index in [1.165, 1.54) is 0 Å². The van der Waals surface area contributed by atoms with Crippen molar-refractivity contribution in [2.45, 2.75) is 6.61 Å². The number of carbonyl (C=O) groups is 1. The fourth-order valence-electron chi connectivity index (χ4n) is 1.69. The van der Waals surface area contributed by atoms with Crippen LogP contribution in [0.2, 0.25) is 0 Å². The molecule has 4 nitrogen and oxygen atoms in total. The van der Waals surface area contributed by atoms with E-state index in [1.807, 2.05) is 24.3 Å². The summed E-state index contributed by atoms with van der Waals surface area (Å²) in [5.74, 6) is 0.302. The molecule has 0 bridgehead atoms. The standard InChI is InChI=1S/C15H14BrNO3/c1-19-12-4-2-3-10(7-12)9-20-15(18)13-8-11(17)5-6-14(13)16/h2-8H,9,17H2,1H3. The molecule has 104 valence electrons. The first-order chi connectivity index (χ1) is 9.60. The minimum atomic E-state index is -0.424. The van der Waals surface area contributed by atoms with Crippen molar-refractivity contribution in [1.29, 1.82) is 0 Å². The minimum Gasteiger partial charge on any atom is -0.497 e. The van der Waals surface area contributed by atoms with E-state index >= 15 is 0 Å². The van der Waals surface area contributed by atoms with Crippen LogP contribution in [0.25, 0.3) is 0 Å². The lowest BCUT2D eigenvalue weighted by atomic mass is 10.2. The zero-order valence-electron chi connectivity index (χ0n) is 10.9. The van der Waals surface area contributed by atoms with Gasteiger partial charge < -0.3 is 15.2 Å². The Morgan fingerprint density at radius 2 is 2.05 bits per heavy atom. The molecule has 0 aromatic heterocycles. The monoisotopic (exact) mass is 335 g/mol.